The Hall–Kier alpha value is -3.80. The number of rotatable bonds is 12. The predicted molar refractivity (Wildman–Crippen MR) is 136 cm³/mol. The van der Waals surface area contributed by atoms with Crippen molar-refractivity contribution < 1.29 is 23.9 Å². The summed E-state index contributed by atoms with van der Waals surface area (Å²) >= 11 is 1.22. The molecule has 1 N–H and O–H groups in total. The van der Waals surface area contributed by atoms with E-state index in [1.807, 2.05) is 29.7 Å². The fraction of sp³-hybridized carbons (Fsp3) is 0.375. The molecule has 0 saturated heterocycles. The van der Waals surface area contributed by atoms with E-state index < -0.39 is 11.0 Å². The minimum Gasteiger partial charge on any atom is -0.497 e. The third kappa shape index (κ3) is 6.87. The van der Waals surface area contributed by atoms with Crippen LogP contribution in [0.1, 0.15) is 32.7 Å². The molecular weight excluding hydrogens is 486 g/mol. The van der Waals surface area contributed by atoms with Crippen molar-refractivity contribution in [2.45, 2.75) is 38.6 Å². The molecule has 1 unspecified atom stereocenters. The summed E-state index contributed by atoms with van der Waals surface area (Å²) in [5.41, 5.74) is 0.0760. The number of nitrogens with zero attached hydrogens (tertiary/aromatic N) is 4. The van der Waals surface area contributed by atoms with Gasteiger partial charge in [0, 0.05) is 24.7 Å². The Balaban J connectivity index is 1.73. The lowest BCUT2D eigenvalue weighted by Gasteiger charge is -2.18. The van der Waals surface area contributed by atoms with Crippen molar-refractivity contribution in [3.05, 3.63) is 58.4 Å². The summed E-state index contributed by atoms with van der Waals surface area (Å²) in [5.74, 6) is 2.24. The lowest BCUT2D eigenvalue weighted by Crippen LogP contribution is -2.17. The molecule has 1 amide bonds. The van der Waals surface area contributed by atoms with Gasteiger partial charge in [-0.3, -0.25) is 14.9 Å². The number of carbonyl (C=O) groups excluding carboxylic acids is 1. The topological polar surface area (TPSA) is 131 Å². The molecule has 0 aliphatic rings. The van der Waals surface area contributed by atoms with Gasteiger partial charge in [-0.15, -0.1) is 10.2 Å². The van der Waals surface area contributed by atoms with Gasteiger partial charge in [0.15, 0.2) is 17.1 Å². The number of methoxy groups -OCH3 is 2. The van der Waals surface area contributed by atoms with Crippen LogP contribution < -0.4 is 19.5 Å². The largest absolute Gasteiger partial charge is 0.497 e. The molecule has 12 heteroatoms. The maximum Gasteiger partial charge on any atom is 0.271 e. The zero-order valence-electron chi connectivity index (χ0n) is 20.8. The summed E-state index contributed by atoms with van der Waals surface area (Å²) in [6.07, 6.45) is -0.402. The summed E-state index contributed by atoms with van der Waals surface area (Å²) in [6, 6.07) is 11.3. The van der Waals surface area contributed by atoms with Gasteiger partial charge in [-0.05, 0) is 31.0 Å². The van der Waals surface area contributed by atoms with Crippen molar-refractivity contribution in [2.24, 2.45) is 5.92 Å². The molecule has 0 fully saturated rings. The van der Waals surface area contributed by atoms with Crippen LogP contribution >= 0.6 is 11.8 Å². The highest BCUT2D eigenvalue weighted by Crippen LogP contribution is 2.30. The van der Waals surface area contributed by atoms with E-state index in [-0.39, 0.29) is 23.0 Å². The number of aromatic nitrogens is 3. The fourth-order valence-corrected chi connectivity index (χ4v) is 4.15. The Morgan fingerprint density at radius 2 is 1.86 bits per heavy atom. The fourth-order valence-electron chi connectivity index (χ4n) is 3.40. The van der Waals surface area contributed by atoms with Crippen molar-refractivity contribution in [2.75, 3.05) is 25.3 Å². The Labute approximate surface area is 213 Å². The molecule has 2 aromatic carbocycles. The van der Waals surface area contributed by atoms with Crippen LogP contribution in [0.15, 0.2) is 47.6 Å². The molecule has 11 nitrogen and oxygen atoms in total. The third-order valence-electron chi connectivity index (χ3n) is 5.01. The second-order valence-electron chi connectivity index (χ2n) is 8.26. The van der Waals surface area contributed by atoms with E-state index in [0.717, 1.165) is 0 Å². The summed E-state index contributed by atoms with van der Waals surface area (Å²) in [5, 5.41) is 23.0. The SMILES string of the molecule is COc1cccc(OC(C)c2nnc(SCC(=O)Nc3cc([N+](=O)[O-])ccc3OC)n2CC(C)C)c1. The first kappa shape index (κ1) is 26.8. The van der Waals surface area contributed by atoms with Crippen molar-refractivity contribution >= 4 is 29.0 Å². The van der Waals surface area contributed by atoms with Gasteiger partial charge in [0.1, 0.15) is 17.2 Å². The molecule has 0 radical (unpaired) electrons. The first-order chi connectivity index (χ1) is 17.2. The number of thioether (sulfide) groups is 1. The van der Waals surface area contributed by atoms with E-state index in [9.17, 15) is 14.9 Å². The quantitative estimate of drug-likeness (QED) is 0.207. The maximum atomic E-state index is 12.7. The Morgan fingerprint density at radius 3 is 2.53 bits per heavy atom. The average molecular weight is 516 g/mol. The lowest BCUT2D eigenvalue weighted by molar-refractivity contribution is -0.384. The summed E-state index contributed by atoms with van der Waals surface area (Å²) < 4.78 is 18.5. The number of ether oxygens (including phenoxy) is 3. The zero-order chi connectivity index (χ0) is 26.2. The van der Waals surface area contributed by atoms with Crippen LogP contribution in [0.25, 0.3) is 0 Å². The van der Waals surface area contributed by atoms with Gasteiger partial charge in [-0.2, -0.15) is 0 Å². The number of anilines is 1. The molecule has 1 atom stereocenters. The van der Waals surface area contributed by atoms with Gasteiger partial charge >= 0.3 is 0 Å². The number of benzene rings is 2. The molecule has 0 aliphatic heterocycles. The van der Waals surface area contributed by atoms with Crippen molar-refractivity contribution in [3.8, 4) is 17.2 Å². The van der Waals surface area contributed by atoms with Gasteiger partial charge in [0.2, 0.25) is 5.91 Å². The molecule has 0 bridgehead atoms. The summed E-state index contributed by atoms with van der Waals surface area (Å²) in [7, 11) is 3.02. The third-order valence-corrected chi connectivity index (χ3v) is 5.98. The molecule has 1 heterocycles. The number of hydrogen-bond donors (Lipinski definition) is 1. The average Bonchev–Trinajstić information content (AvgIpc) is 3.24. The monoisotopic (exact) mass is 515 g/mol. The number of amides is 1. The molecule has 0 saturated carbocycles. The molecule has 1 aromatic heterocycles. The first-order valence-corrected chi connectivity index (χ1v) is 12.2. The number of nitro groups is 1. The van der Waals surface area contributed by atoms with E-state index in [0.29, 0.717) is 40.7 Å². The highest BCUT2D eigenvalue weighted by atomic mass is 32.2. The number of carbonyl (C=O) groups is 1. The van der Waals surface area contributed by atoms with Crippen LogP contribution in [0.4, 0.5) is 11.4 Å². The van der Waals surface area contributed by atoms with E-state index >= 15 is 0 Å². The molecule has 0 spiro atoms. The van der Waals surface area contributed by atoms with Crippen LogP contribution in [0.2, 0.25) is 0 Å². The van der Waals surface area contributed by atoms with E-state index in [1.165, 1.54) is 37.1 Å². The van der Waals surface area contributed by atoms with Crippen LogP contribution in [0, 0.1) is 16.0 Å². The second kappa shape index (κ2) is 12.2. The minimum absolute atomic E-state index is 0.0210. The maximum absolute atomic E-state index is 12.7. The van der Waals surface area contributed by atoms with Gasteiger partial charge < -0.3 is 24.1 Å². The Morgan fingerprint density at radius 1 is 1.11 bits per heavy atom. The van der Waals surface area contributed by atoms with Gasteiger partial charge in [0.05, 0.1) is 30.6 Å². The van der Waals surface area contributed by atoms with Gasteiger partial charge in [0.25, 0.3) is 5.69 Å². The van der Waals surface area contributed by atoms with E-state index in [1.54, 1.807) is 13.2 Å². The molecule has 3 rings (SSSR count). The zero-order valence-corrected chi connectivity index (χ0v) is 21.6. The van der Waals surface area contributed by atoms with E-state index in [2.05, 4.69) is 29.4 Å². The number of hydrogen-bond acceptors (Lipinski definition) is 9. The number of nitrogens with one attached hydrogen (secondary N) is 1. The normalized spacial score (nSPS) is 11.7. The highest BCUT2D eigenvalue weighted by molar-refractivity contribution is 7.99. The van der Waals surface area contributed by atoms with Crippen LogP contribution in [0.5, 0.6) is 17.2 Å². The molecule has 36 heavy (non-hydrogen) atoms. The van der Waals surface area contributed by atoms with Crippen molar-refractivity contribution in [3.63, 3.8) is 0 Å². The summed E-state index contributed by atoms with van der Waals surface area (Å²) in [6.45, 7) is 6.67. The lowest BCUT2D eigenvalue weighted by atomic mass is 10.2. The second-order valence-corrected chi connectivity index (χ2v) is 9.21. The van der Waals surface area contributed by atoms with Crippen LogP contribution in [0.3, 0.4) is 0 Å². The molecule has 0 aliphatic carbocycles. The molecular formula is C24H29N5O6S. The number of nitro benzene ring substituents is 1. The number of non-ortho nitro benzene ring substituents is 1. The molecule has 192 valence electrons. The standard InChI is InChI=1S/C24H29N5O6S/c1-15(2)13-28-23(16(3)35-19-8-6-7-18(12-19)33-4)26-27-24(28)36-14-22(30)25-20-11-17(29(31)32)9-10-21(20)34-5/h6-12,15-16H,13-14H2,1-5H3,(H,25,30). The predicted octanol–water partition coefficient (Wildman–Crippen LogP) is 4.73. The minimum atomic E-state index is -0.533. The Kier molecular flexibility index (Phi) is 9.12. The summed E-state index contributed by atoms with van der Waals surface area (Å²) in [4.78, 5) is 23.2. The highest BCUT2D eigenvalue weighted by Gasteiger charge is 2.22. The smallest absolute Gasteiger partial charge is 0.271 e. The first-order valence-electron chi connectivity index (χ1n) is 11.2. The van der Waals surface area contributed by atoms with Crippen LogP contribution in [-0.4, -0.2) is 45.6 Å². The molecule has 3 aromatic rings. The van der Waals surface area contributed by atoms with Gasteiger partial charge in [-0.25, -0.2) is 0 Å². The van der Waals surface area contributed by atoms with Crippen molar-refractivity contribution in [1.29, 1.82) is 0 Å². The van der Waals surface area contributed by atoms with Crippen LogP contribution in [-0.2, 0) is 11.3 Å². The Bertz CT molecular complexity index is 1220. The van der Waals surface area contributed by atoms with Crippen molar-refractivity contribution in [1.82, 2.24) is 14.8 Å². The van der Waals surface area contributed by atoms with E-state index in [4.69, 9.17) is 14.2 Å². The van der Waals surface area contributed by atoms with Gasteiger partial charge in [-0.1, -0.05) is 31.7 Å².